The summed E-state index contributed by atoms with van der Waals surface area (Å²) in [7, 11) is 0. The van der Waals surface area contributed by atoms with Crippen molar-refractivity contribution in [3.8, 4) is 0 Å². The molecule has 0 aromatic heterocycles. The number of allylic oxidation sites excluding steroid dienone is 4. The highest BCUT2D eigenvalue weighted by molar-refractivity contribution is 5.67. The monoisotopic (exact) mass is 166 g/mol. The second-order valence-electron chi connectivity index (χ2n) is 3.34. The van der Waals surface area contributed by atoms with Crippen LogP contribution in [-0.2, 0) is 4.79 Å². The first-order valence-electron chi connectivity index (χ1n) is 4.25. The van der Waals surface area contributed by atoms with Crippen molar-refractivity contribution in [2.45, 2.75) is 19.8 Å². The number of aliphatic carboxylic acids is 1. The van der Waals surface area contributed by atoms with E-state index < -0.39 is 5.97 Å². The summed E-state index contributed by atoms with van der Waals surface area (Å²) >= 11 is 0. The van der Waals surface area contributed by atoms with Gasteiger partial charge in [0.15, 0.2) is 0 Å². The van der Waals surface area contributed by atoms with E-state index in [0.29, 0.717) is 5.92 Å². The summed E-state index contributed by atoms with van der Waals surface area (Å²) in [5.74, 6) is -0.0180. The van der Waals surface area contributed by atoms with Gasteiger partial charge >= 0.3 is 5.97 Å². The summed E-state index contributed by atoms with van der Waals surface area (Å²) in [6, 6.07) is 0. The van der Waals surface area contributed by atoms with E-state index in [-0.39, 0.29) is 12.3 Å². The Morgan fingerprint density at radius 1 is 1.50 bits per heavy atom. The maximum atomic E-state index is 10.4. The Labute approximate surface area is 72.6 Å². The molecule has 1 rings (SSSR count). The molecule has 1 N–H and O–H groups in total. The summed E-state index contributed by atoms with van der Waals surface area (Å²) < 4.78 is 0. The van der Waals surface area contributed by atoms with E-state index in [2.05, 4.69) is 13.0 Å². The fraction of sp³-hybridized carbons (Fsp3) is 0.500. The maximum absolute atomic E-state index is 10.4. The predicted octanol–water partition coefficient (Wildman–Crippen LogP) is 2.23. The van der Waals surface area contributed by atoms with Crippen LogP contribution in [0.2, 0.25) is 0 Å². The van der Waals surface area contributed by atoms with E-state index in [4.69, 9.17) is 5.11 Å². The quantitative estimate of drug-likeness (QED) is 0.683. The van der Waals surface area contributed by atoms with Gasteiger partial charge in [-0.1, -0.05) is 31.2 Å². The average Bonchev–Trinajstić information content (AvgIpc) is 2.12. The number of carboxylic acids is 1. The van der Waals surface area contributed by atoms with Crippen molar-refractivity contribution in [3.63, 3.8) is 0 Å². The normalized spacial score (nSPS) is 28.4. The molecule has 0 saturated heterocycles. The number of carboxylic acid groups (broad SMARTS) is 1. The van der Waals surface area contributed by atoms with Crippen molar-refractivity contribution in [2.24, 2.45) is 11.8 Å². The molecule has 0 heterocycles. The molecule has 0 saturated carbocycles. The Balaban J connectivity index is 2.50. The number of hydrogen-bond acceptors (Lipinski definition) is 1. The summed E-state index contributed by atoms with van der Waals surface area (Å²) in [4.78, 5) is 10.4. The molecule has 1 aliphatic carbocycles. The fourth-order valence-corrected chi connectivity index (χ4v) is 1.49. The van der Waals surface area contributed by atoms with E-state index in [9.17, 15) is 4.79 Å². The van der Waals surface area contributed by atoms with Crippen LogP contribution >= 0.6 is 0 Å². The van der Waals surface area contributed by atoms with Crippen LogP contribution in [0.25, 0.3) is 0 Å². The van der Waals surface area contributed by atoms with Gasteiger partial charge in [0.2, 0.25) is 0 Å². The minimum Gasteiger partial charge on any atom is -0.481 e. The van der Waals surface area contributed by atoms with Gasteiger partial charge in [-0.05, 0) is 18.3 Å². The molecular formula is C10H14O2. The third kappa shape index (κ3) is 2.91. The van der Waals surface area contributed by atoms with Crippen LogP contribution < -0.4 is 0 Å². The van der Waals surface area contributed by atoms with E-state index in [1.54, 1.807) is 0 Å². The molecule has 0 aromatic rings. The van der Waals surface area contributed by atoms with Crippen LogP contribution in [0.1, 0.15) is 19.8 Å². The van der Waals surface area contributed by atoms with Crippen molar-refractivity contribution in [2.75, 3.05) is 0 Å². The van der Waals surface area contributed by atoms with Gasteiger partial charge in [-0.25, -0.2) is 0 Å². The Hall–Kier alpha value is -1.05. The average molecular weight is 166 g/mol. The van der Waals surface area contributed by atoms with Crippen LogP contribution in [0.15, 0.2) is 24.3 Å². The first kappa shape index (κ1) is 9.04. The molecule has 0 amide bonds. The van der Waals surface area contributed by atoms with E-state index >= 15 is 0 Å². The highest BCUT2D eigenvalue weighted by Gasteiger charge is 2.13. The second-order valence-corrected chi connectivity index (χ2v) is 3.34. The summed E-state index contributed by atoms with van der Waals surface area (Å²) in [6.45, 7) is 2.11. The molecule has 0 aromatic carbocycles. The Morgan fingerprint density at radius 2 is 2.17 bits per heavy atom. The number of hydrogen-bond donors (Lipinski definition) is 1. The molecule has 0 radical (unpaired) electrons. The minimum atomic E-state index is -0.709. The van der Waals surface area contributed by atoms with E-state index in [1.807, 2.05) is 18.2 Å². The Bertz CT molecular complexity index is 216. The number of carbonyl (C=O) groups is 1. The van der Waals surface area contributed by atoms with Crippen molar-refractivity contribution >= 4 is 5.97 Å². The Morgan fingerprint density at radius 3 is 2.83 bits per heavy atom. The van der Waals surface area contributed by atoms with Gasteiger partial charge in [-0.2, -0.15) is 0 Å². The molecule has 12 heavy (non-hydrogen) atoms. The highest BCUT2D eigenvalue weighted by atomic mass is 16.4. The van der Waals surface area contributed by atoms with Gasteiger partial charge in [0.25, 0.3) is 0 Å². The topological polar surface area (TPSA) is 37.3 Å². The SMILES string of the molecule is C[C@@H]1C=CC=C[C@H](CC(=O)O)C1. The maximum Gasteiger partial charge on any atom is 0.303 e. The molecule has 0 aliphatic heterocycles. The first-order valence-corrected chi connectivity index (χ1v) is 4.25. The van der Waals surface area contributed by atoms with Crippen molar-refractivity contribution in [1.82, 2.24) is 0 Å². The predicted molar refractivity (Wildman–Crippen MR) is 47.8 cm³/mol. The molecule has 66 valence electrons. The summed E-state index contributed by atoms with van der Waals surface area (Å²) in [6.07, 6.45) is 9.22. The lowest BCUT2D eigenvalue weighted by Gasteiger charge is -2.11. The summed E-state index contributed by atoms with van der Waals surface area (Å²) in [5, 5.41) is 8.59. The van der Waals surface area contributed by atoms with E-state index in [1.165, 1.54) is 0 Å². The largest absolute Gasteiger partial charge is 0.481 e. The lowest BCUT2D eigenvalue weighted by molar-refractivity contribution is -0.137. The molecule has 1 aliphatic rings. The van der Waals surface area contributed by atoms with Crippen LogP contribution in [0.3, 0.4) is 0 Å². The molecular weight excluding hydrogens is 152 g/mol. The summed E-state index contributed by atoms with van der Waals surface area (Å²) in [5.41, 5.74) is 0. The van der Waals surface area contributed by atoms with Crippen molar-refractivity contribution in [1.29, 1.82) is 0 Å². The van der Waals surface area contributed by atoms with Gasteiger partial charge < -0.3 is 5.11 Å². The zero-order valence-corrected chi connectivity index (χ0v) is 7.23. The minimum absolute atomic E-state index is 0.201. The third-order valence-corrected chi connectivity index (χ3v) is 2.05. The van der Waals surface area contributed by atoms with E-state index in [0.717, 1.165) is 6.42 Å². The molecule has 0 fully saturated rings. The number of rotatable bonds is 2. The zero-order valence-electron chi connectivity index (χ0n) is 7.23. The van der Waals surface area contributed by atoms with Gasteiger partial charge in [-0.3, -0.25) is 4.79 Å². The van der Waals surface area contributed by atoms with Crippen LogP contribution in [0.5, 0.6) is 0 Å². The van der Waals surface area contributed by atoms with Crippen LogP contribution in [-0.4, -0.2) is 11.1 Å². The van der Waals surface area contributed by atoms with Gasteiger partial charge in [0, 0.05) is 0 Å². The molecule has 2 atom stereocenters. The zero-order chi connectivity index (χ0) is 8.97. The smallest absolute Gasteiger partial charge is 0.303 e. The Kier molecular flexibility index (Phi) is 3.09. The van der Waals surface area contributed by atoms with Crippen molar-refractivity contribution < 1.29 is 9.90 Å². The second kappa shape index (κ2) is 4.10. The van der Waals surface area contributed by atoms with Crippen LogP contribution in [0.4, 0.5) is 0 Å². The highest BCUT2D eigenvalue weighted by Crippen LogP contribution is 2.20. The lowest BCUT2D eigenvalue weighted by Crippen LogP contribution is -2.07. The third-order valence-electron chi connectivity index (χ3n) is 2.05. The van der Waals surface area contributed by atoms with Crippen molar-refractivity contribution in [3.05, 3.63) is 24.3 Å². The standard InChI is InChI=1S/C10H14O2/c1-8-4-2-3-5-9(6-8)7-10(11)12/h2-5,8-9H,6-7H2,1H3,(H,11,12)/t8-,9+/m1/s1. The molecule has 0 bridgehead atoms. The van der Waals surface area contributed by atoms with Gasteiger partial charge in [0.1, 0.15) is 0 Å². The lowest BCUT2D eigenvalue weighted by atomic mass is 9.94. The van der Waals surface area contributed by atoms with Crippen LogP contribution in [0, 0.1) is 11.8 Å². The van der Waals surface area contributed by atoms with Gasteiger partial charge in [0.05, 0.1) is 6.42 Å². The molecule has 2 nitrogen and oxygen atoms in total. The first-order chi connectivity index (χ1) is 5.68. The molecule has 2 heteroatoms. The van der Waals surface area contributed by atoms with Gasteiger partial charge in [-0.15, -0.1) is 0 Å². The fourth-order valence-electron chi connectivity index (χ4n) is 1.49. The molecule has 0 unspecified atom stereocenters. The molecule has 0 spiro atoms.